The van der Waals surface area contributed by atoms with Gasteiger partial charge in [-0.15, -0.1) is 0 Å². The maximum absolute atomic E-state index is 13.7. The zero-order valence-corrected chi connectivity index (χ0v) is 14.7. The van der Waals surface area contributed by atoms with Gasteiger partial charge < -0.3 is 4.74 Å². The Kier molecular flexibility index (Phi) is 5.52. The summed E-state index contributed by atoms with van der Waals surface area (Å²) in [6.45, 7) is -0.0369. The highest BCUT2D eigenvalue weighted by molar-refractivity contribution is 7.89. The van der Waals surface area contributed by atoms with E-state index in [0.717, 1.165) is 4.31 Å². The van der Waals surface area contributed by atoms with E-state index in [-0.39, 0.29) is 27.2 Å². The molecule has 0 heterocycles. The van der Waals surface area contributed by atoms with Gasteiger partial charge in [-0.05, 0) is 29.8 Å². The van der Waals surface area contributed by atoms with Crippen molar-refractivity contribution in [1.29, 1.82) is 0 Å². The summed E-state index contributed by atoms with van der Waals surface area (Å²) in [5.74, 6) is -0.472. The molecular formula is C15H14Cl2FNO3S. The van der Waals surface area contributed by atoms with Crippen LogP contribution in [0.3, 0.4) is 0 Å². The van der Waals surface area contributed by atoms with Crippen LogP contribution in [-0.2, 0) is 16.6 Å². The second kappa shape index (κ2) is 7.05. The number of sulfonamides is 1. The van der Waals surface area contributed by atoms with Gasteiger partial charge in [-0.3, -0.25) is 0 Å². The lowest BCUT2D eigenvalue weighted by Gasteiger charge is -2.19. The lowest BCUT2D eigenvalue weighted by Crippen LogP contribution is -2.27. The first-order valence-electron chi connectivity index (χ1n) is 6.50. The summed E-state index contributed by atoms with van der Waals surface area (Å²) in [5.41, 5.74) is 0.470. The third kappa shape index (κ3) is 3.77. The second-order valence-electron chi connectivity index (χ2n) is 4.78. The van der Waals surface area contributed by atoms with Crippen LogP contribution >= 0.6 is 23.2 Å². The molecule has 23 heavy (non-hydrogen) atoms. The Morgan fingerprint density at radius 1 is 1.17 bits per heavy atom. The summed E-state index contributed by atoms with van der Waals surface area (Å²) in [4.78, 5) is -0.167. The number of hydrogen-bond acceptors (Lipinski definition) is 3. The van der Waals surface area contributed by atoms with Crippen molar-refractivity contribution in [2.75, 3.05) is 14.2 Å². The van der Waals surface area contributed by atoms with Gasteiger partial charge in [0.15, 0.2) is 11.6 Å². The first-order chi connectivity index (χ1) is 10.8. The molecule has 0 spiro atoms. The Morgan fingerprint density at radius 3 is 2.30 bits per heavy atom. The summed E-state index contributed by atoms with van der Waals surface area (Å²) >= 11 is 11.9. The fourth-order valence-electron chi connectivity index (χ4n) is 2.04. The van der Waals surface area contributed by atoms with Crippen LogP contribution < -0.4 is 4.74 Å². The summed E-state index contributed by atoms with van der Waals surface area (Å²) in [5, 5.41) is 0.0653. The Balaban J connectivity index is 2.33. The Bertz CT molecular complexity index is 807. The normalized spacial score (nSPS) is 11.7. The standard InChI is InChI=1S/C15H14Cl2FNO3S/c1-19(9-10-6-7-14(22-2)13(18)8-10)23(20,21)15-11(16)4-3-5-12(15)17/h3-8H,9H2,1-2H3. The lowest BCUT2D eigenvalue weighted by molar-refractivity contribution is 0.385. The first kappa shape index (κ1) is 18.0. The lowest BCUT2D eigenvalue weighted by atomic mass is 10.2. The molecule has 0 bridgehead atoms. The average Bonchev–Trinajstić information content (AvgIpc) is 2.47. The smallest absolute Gasteiger partial charge is 0.246 e. The van der Waals surface area contributed by atoms with Crippen LogP contribution in [-0.4, -0.2) is 26.9 Å². The third-order valence-electron chi connectivity index (χ3n) is 3.21. The molecule has 0 aliphatic heterocycles. The monoisotopic (exact) mass is 377 g/mol. The van der Waals surface area contributed by atoms with Crippen LogP contribution in [0.15, 0.2) is 41.3 Å². The van der Waals surface area contributed by atoms with Crippen LogP contribution in [0.25, 0.3) is 0 Å². The molecule has 2 rings (SSSR count). The van der Waals surface area contributed by atoms with Crippen molar-refractivity contribution >= 4 is 33.2 Å². The van der Waals surface area contributed by atoms with Crippen LogP contribution in [0.5, 0.6) is 5.75 Å². The molecule has 0 saturated carbocycles. The van der Waals surface area contributed by atoms with E-state index in [9.17, 15) is 12.8 Å². The van der Waals surface area contributed by atoms with Gasteiger partial charge in [0.1, 0.15) is 4.90 Å². The minimum absolute atomic E-state index is 0.0326. The molecule has 0 aromatic heterocycles. The number of methoxy groups -OCH3 is 1. The highest BCUT2D eigenvalue weighted by Gasteiger charge is 2.26. The van der Waals surface area contributed by atoms with E-state index in [4.69, 9.17) is 27.9 Å². The molecule has 0 amide bonds. The maximum Gasteiger partial charge on any atom is 0.246 e. The summed E-state index contributed by atoms with van der Waals surface area (Å²) in [6.07, 6.45) is 0. The first-order valence-corrected chi connectivity index (χ1v) is 8.69. The highest BCUT2D eigenvalue weighted by Crippen LogP contribution is 2.31. The van der Waals surface area contributed by atoms with E-state index in [2.05, 4.69) is 0 Å². The topological polar surface area (TPSA) is 46.6 Å². The minimum atomic E-state index is -3.91. The Labute approximate surface area is 144 Å². The SMILES string of the molecule is COc1ccc(CN(C)S(=O)(=O)c2c(Cl)cccc2Cl)cc1F. The molecule has 8 heteroatoms. The molecule has 0 radical (unpaired) electrons. The van der Waals surface area contributed by atoms with E-state index < -0.39 is 15.8 Å². The maximum atomic E-state index is 13.7. The van der Waals surface area contributed by atoms with Gasteiger partial charge in [0.2, 0.25) is 10.0 Å². The summed E-state index contributed by atoms with van der Waals surface area (Å²) in [6, 6.07) is 8.69. The van der Waals surface area contributed by atoms with E-state index in [1.165, 1.54) is 38.4 Å². The van der Waals surface area contributed by atoms with Gasteiger partial charge in [-0.1, -0.05) is 35.3 Å². The van der Waals surface area contributed by atoms with Crippen molar-refractivity contribution in [2.45, 2.75) is 11.4 Å². The minimum Gasteiger partial charge on any atom is -0.494 e. The number of ether oxygens (including phenoxy) is 1. The largest absolute Gasteiger partial charge is 0.494 e. The molecule has 0 atom stereocenters. The van der Waals surface area contributed by atoms with Gasteiger partial charge in [0, 0.05) is 13.6 Å². The van der Waals surface area contributed by atoms with E-state index >= 15 is 0 Å². The third-order valence-corrected chi connectivity index (χ3v) is 5.97. The van der Waals surface area contributed by atoms with E-state index in [1.807, 2.05) is 0 Å². The van der Waals surface area contributed by atoms with Crippen molar-refractivity contribution in [3.63, 3.8) is 0 Å². The van der Waals surface area contributed by atoms with E-state index in [0.29, 0.717) is 5.56 Å². The Hall–Kier alpha value is -1.34. The van der Waals surface area contributed by atoms with E-state index in [1.54, 1.807) is 12.1 Å². The molecule has 0 aliphatic carbocycles. The van der Waals surface area contributed by atoms with Gasteiger partial charge in [-0.25, -0.2) is 12.8 Å². The Morgan fingerprint density at radius 2 is 1.78 bits per heavy atom. The van der Waals surface area contributed by atoms with Gasteiger partial charge in [0.05, 0.1) is 17.2 Å². The van der Waals surface area contributed by atoms with Crippen LogP contribution in [0, 0.1) is 5.82 Å². The molecule has 0 aliphatic rings. The number of hydrogen-bond donors (Lipinski definition) is 0. The van der Waals surface area contributed by atoms with Gasteiger partial charge >= 0.3 is 0 Å². The zero-order chi connectivity index (χ0) is 17.2. The van der Waals surface area contributed by atoms with Crippen molar-refractivity contribution in [3.8, 4) is 5.75 Å². The molecule has 0 fully saturated rings. The number of benzene rings is 2. The van der Waals surface area contributed by atoms with Crippen molar-refractivity contribution in [2.24, 2.45) is 0 Å². The van der Waals surface area contributed by atoms with Crippen LogP contribution in [0.2, 0.25) is 10.0 Å². The van der Waals surface area contributed by atoms with Crippen LogP contribution in [0.4, 0.5) is 4.39 Å². The molecule has 2 aromatic rings. The van der Waals surface area contributed by atoms with Gasteiger partial charge in [0.25, 0.3) is 0 Å². The zero-order valence-electron chi connectivity index (χ0n) is 12.4. The highest BCUT2D eigenvalue weighted by atomic mass is 35.5. The molecule has 0 N–H and O–H groups in total. The fraction of sp³-hybridized carbons (Fsp3) is 0.200. The number of nitrogens with zero attached hydrogens (tertiary/aromatic N) is 1. The predicted octanol–water partition coefficient (Wildman–Crippen LogP) is 3.96. The summed E-state index contributed by atoms with van der Waals surface area (Å²) in [7, 11) is -1.18. The molecule has 124 valence electrons. The molecule has 0 unspecified atom stereocenters. The van der Waals surface area contributed by atoms with Crippen LogP contribution in [0.1, 0.15) is 5.56 Å². The molecular weight excluding hydrogens is 364 g/mol. The average molecular weight is 378 g/mol. The quantitative estimate of drug-likeness (QED) is 0.791. The fourth-order valence-corrected chi connectivity index (χ4v) is 4.28. The second-order valence-corrected chi connectivity index (χ2v) is 7.58. The number of halogens is 3. The molecule has 2 aromatic carbocycles. The summed E-state index contributed by atoms with van der Waals surface area (Å²) < 4.78 is 44.9. The molecule has 0 saturated heterocycles. The van der Waals surface area contributed by atoms with Crippen molar-refractivity contribution in [1.82, 2.24) is 4.31 Å². The number of rotatable bonds is 5. The molecule has 4 nitrogen and oxygen atoms in total. The van der Waals surface area contributed by atoms with Crippen molar-refractivity contribution < 1.29 is 17.5 Å². The van der Waals surface area contributed by atoms with Gasteiger partial charge in [-0.2, -0.15) is 4.31 Å². The predicted molar refractivity (Wildman–Crippen MR) is 88.1 cm³/mol. The van der Waals surface area contributed by atoms with Crippen molar-refractivity contribution in [3.05, 3.63) is 57.8 Å².